The lowest BCUT2D eigenvalue weighted by molar-refractivity contribution is -0.139. The van der Waals surface area contributed by atoms with Gasteiger partial charge in [-0.05, 0) is 0 Å². The smallest absolute Gasteiger partial charge is 0.322 e. The lowest BCUT2D eigenvalue weighted by atomic mass is 10.3. The third-order valence-corrected chi connectivity index (χ3v) is 0.514. The number of aliphatic hydroxyl groups is 1. The maximum absolute atomic E-state index is 9.65. The lowest BCUT2D eigenvalue weighted by Crippen LogP contribution is -2.33. The van der Waals surface area contributed by atoms with Crippen LogP contribution in [0.1, 0.15) is 0 Å². The van der Waals surface area contributed by atoms with E-state index in [1.54, 1.807) is 0 Å². The first-order valence-electron chi connectivity index (χ1n) is 2.23. The molecule has 0 bridgehead atoms. The van der Waals surface area contributed by atoms with Gasteiger partial charge in [0.2, 0.25) is 6.08 Å². The summed E-state index contributed by atoms with van der Waals surface area (Å²) < 4.78 is 0. The van der Waals surface area contributed by atoms with Crippen molar-refractivity contribution in [1.82, 2.24) is 0 Å². The first kappa shape index (κ1) is 11.6. The van der Waals surface area contributed by atoms with Crippen molar-refractivity contribution in [2.75, 3.05) is 6.61 Å². The number of isocyanates is 1. The second-order valence-electron chi connectivity index (χ2n) is 1.23. The number of nitrogens with two attached hydrogens (primary N) is 1. The van der Waals surface area contributed by atoms with Crippen LogP contribution in [0.5, 0.6) is 0 Å². The Labute approximate surface area is 56.8 Å². The molecule has 0 spiro atoms. The lowest BCUT2D eigenvalue weighted by Gasteiger charge is -1.96. The van der Waals surface area contributed by atoms with Gasteiger partial charge in [-0.25, -0.2) is 10.2 Å². The van der Waals surface area contributed by atoms with Gasteiger partial charge < -0.3 is 15.9 Å². The number of nitrogens with one attached hydrogen (secondary N) is 1. The van der Waals surface area contributed by atoms with Crippen LogP contribution in [0.2, 0.25) is 0 Å². The molecule has 10 heavy (non-hydrogen) atoms. The van der Waals surface area contributed by atoms with Crippen molar-refractivity contribution < 1.29 is 19.8 Å². The van der Waals surface area contributed by atoms with Crippen molar-refractivity contribution in [2.45, 2.75) is 6.04 Å². The quantitative estimate of drug-likeness (QED) is 0.274. The number of carboxylic acid groups (broad SMARTS) is 1. The maximum Gasteiger partial charge on any atom is 0.322 e. The van der Waals surface area contributed by atoms with Crippen LogP contribution in [-0.4, -0.2) is 34.9 Å². The number of aliphatic carboxylic acids is 1. The van der Waals surface area contributed by atoms with Gasteiger partial charge in [0.05, 0.1) is 6.61 Å². The van der Waals surface area contributed by atoms with E-state index in [1.807, 2.05) is 0 Å². The Morgan fingerprint density at radius 2 is 2.10 bits per heavy atom. The molecule has 6 nitrogen and oxygen atoms in total. The van der Waals surface area contributed by atoms with Gasteiger partial charge in [-0.3, -0.25) is 4.79 Å². The minimum absolute atomic E-state index is 0.505. The fourth-order valence-electron chi connectivity index (χ4n) is 0.0781. The second-order valence-corrected chi connectivity index (χ2v) is 1.23. The average Bonchev–Trinajstić information content (AvgIpc) is 1.88. The molecule has 0 aromatic rings. The first-order chi connectivity index (χ1) is 4.59. The highest BCUT2D eigenvalue weighted by molar-refractivity contribution is 5.73. The van der Waals surface area contributed by atoms with Crippen LogP contribution in [0.15, 0.2) is 0 Å². The zero-order valence-electron chi connectivity index (χ0n) is 5.07. The van der Waals surface area contributed by atoms with E-state index >= 15 is 0 Å². The van der Waals surface area contributed by atoms with Gasteiger partial charge in [0.25, 0.3) is 0 Å². The van der Waals surface area contributed by atoms with Crippen molar-refractivity contribution in [3.63, 3.8) is 0 Å². The van der Waals surface area contributed by atoms with Gasteiger partial charge in [0.1, 0.15) is 6.04 Å². The molecule has 58 valence electrons. The van der Waals surface area contributed by atoms with Gasteiger partial charge in [0, 0.05) is 0 Å². The van der Waals surface area contributed by atoms with Crippen LogP contribution in [0.25, 0.3) is 0 Å². The van der Waals surface area contributed by atoms with Gasteiger partial charge in [-0.1, -0.05) is 0 Å². The normalized spacial score (nSPS) is 10.2. The molecular formula is C4H8N2O4. The predicted molar refractivity (Wildman–Crippen MR) is 31.1 cm³/mol. The first-order valence-corrected chi connectivity index (χ1v) is 2.23. The molecule has 0 saturated carbocycles. The molecule has 0 aromatic heterocycles. The van der Waals surface area contributed by atoms with Crippen LogP contribution in [-0.2, 0) is 9.59 Å². The Morgan fingerprint density at radius 1 is 1.80 bits per heavy atom. The van der Waals surface area contributed by atoms with Crippen LogP contribution in [0.3, 0.4) is 0 Å². The highest BCUT2D eigenvalue weighted by Crippen LogP contribution is 1.71. The summed E-state index contributed by atoms with van der Waals surface area (Å²) >= 11 is 0. The van der Waals surface area contributed by atoms with Crippen molar-refractivity contribution in [3.05, 3.63) is 0 Å². The number of hydrogen-bond donors (Lipinski definition) is 4. The number of aliphatic hydroxyl groups excluding tert-OH is 1. The van der Waals surface area contributed by atoms with Crippen molar-refractivity contribution in [2.24, 2.45) is 5.73 Å². The fourth-order valence-corrected chi connectivity index (χ4v) is 0.0781. The molecule has 0 saturated heterocycles. The molecule has 1 atom stereocenters. The molecule has 0 rings (SSSR count). The standard InChI is InChI=1S/C3H7NO3.CHNO/c4-2(1-5)3(6)7;2-1-3/h2,5H,1,4H2,(H,6,7);2H/t2-;/m0./s1. The molecule has 5 N–H and O–H groups in total. The zero-order chi connectivity index (χ0) is 8.57. The SMILES string of the molecule is N=C=O.N[C@@H](CO)C(=O)O. The van der Waals surface area contributed by atoms with E-state index in [1.165, 1.54) is 0 Å². The Hall–Kier alpha value is -1.23. The van der Waals surface area contributed by atoms with Crippen LogP contribution >= 0.6 is 0 Å². The highest BCUT2D eigenvalue weighted by Gasteiger charge is 2.06. The molecule has 0 aliphatic heterocycles. The minimum atomic E-state index is -1.18. The fraction of sp³-hybridized carbons (Fsp3) is 0.500. The molecule has 0 unspecified atom stereocenters. The summed E-state index contributed by atoms with van der Waals surface area (Å²) in [5, 5.41) is 21.3. The van der Waals surface area contributed by atoms with Crippen LogP contribution in [0.4, 0.5) is 0 Å². The number of carbonyl (C=O) groups excluding carboxylic acids is 1. The Balaban J connectivity index is 0. The summed E-state index contributed by atoms with van der Waals surface area (Å²) in [7, 11) is 0. The van der Waals surface area contributed by atoms with Crippen molar-refractivity contribution in [1.29, 1.82) is 5.41 Å². The van der Waals surface area contributed by atoms with Crippen LogP contribution in [0, 0.1) is 5.41 Å². The molecule has 6 heteroatoms. The predicted octanol–water partition coefficient (Wildman–Crippen LogP) is -1.71. The van der Waals surface area contributed by atoms with E-state index in [2.05, 4.69) is 0 Å². The molecule has 0 amide bonds. The summed E-state index contributed by atoms with van der Waals surface area (Å²) in [4.78, 5) is 18.0. The monoisotopic (exact) mass is 148 g/mol. The second kappa shape index (κ2) is 7.77. The van der Waals surface area contributed by atoms with E-state index in [-0.39, 0.29) is 0 Å². The van der Waals surface area contributed by atoms with Gasteiger partial charge in [-0.2, -0.15) is 0 Å². The summed E-state index contributed by atoms with van der Waals surface area (Å²) in [5.74, 6) is -1.18. The van der Waals surface area contributed by atoms with Gasteiger partial charge in [0.15, 0.2) is 0 Å². The van der Waals surface area contributed by atoms with E-state index in [4.69, 9.17) is 26.2 Å². The van der Waals surface area contributed by atoms with Gasteiger partial charge >= 0.3 is 5.97 Å². The summed E-state index contributed by atoms with van der Waals surface area (Å²) in [6.07, 6.45) is 0.750. The Bertz CT molecular complexity index is 129. The molecule has 0 aliphatic carbocycles. The van der Waals surface area contributed by atoms with Crippen molar-refractivity contribution in [3.8, 4) is 0 Å². The van der Waals surface area contributed by atoms with Gasteiger partial charge in [-0.15, -0.1) is 0 Å². The topological polar surface area (TPSA) is 124 Å². The molecule has 0 heterocycles. The van der Waals surface area contributed by atoms with E-state index in [0.717, 1.165) is 6.08 Å². The summed E-state index contributed by atoms with van der Waals surface area (Å²) in [6.45, 7) is -0.505. The van der Waals surface area contributed by atoms with E-state index in [9.17, 15) is 4.79 Å². The Morgan fingerprint density at radius 3 is 2.10 bits per heavy atom. The van der Waals surface area contributed by atoms with Crippen LogP contribution < -0.4 is 5.73 Å². The number of rotatable bonds is 2. The molecule has 0 fully saturated rings. The molecule has 0 aliphatic rings. The van der Waals surface area contributed by atoms with Crippen molar-refractivity contribution >= 4 is 12.0 Å². The molecule has 0 aromatic carbocycles. The molecule has 0 radical (unpaired) electrons. The highest BCUT2D eigenvalue weighted by atomic mass is 16.4. The zero-order valence-corrected chi connectivity index (χ0v) is 5.07. The third kappa shape index (κ3) is 9.91. The molecular weight excluding hydrogens is 140 g/mol. The number of hydrogen-bond acceptors (Lipinski definition) is 5. The summed E-state index contributed by atoms with van der Waals surface area (Å²) in [6, 6.07) is -1.13. The summed E-state index contributed by atoms with van der Waals surface area (Å²) in [5.41, 5.74) is 4.77. The third-order valence-electron chi connectivity index (χ3n) is 0.514. The average molecular weight is 148 g/mol. The van der Waals surface area contributed by atoms with E-state index in [0.29, 0.717) is 0 Å². The maximum atomic E-state index is 9.65. The largest absolute Gasteiger partial charge is 0.480 e. The number of carbonyl (C=O) groups is 1. The van der Waals surface area contributed by atoms with E-state index < -0.39 is 18.6 Å². The Kier molecular flexibility index (Phi) is 8.98. The minimum Gasteiger partial charge on any atom is -0.480 e. The number of carboxylic acids is 1.